The summed E-state index contributed by atoms with van der Waals surface area (Å²) >= 11 is 0. The van der Waals surface area contributed by atoms with Crippen LogP contribution in [0.1, 0.15) is 18.9 Å². The van der Waals surface area contributed by atoms with Crippen molar-refractivity contribution in [2.75, 3.05) is 11.0 Å². The van der Waals surface area contributed by atoms with Gasteiger partial charge in [-0.05, 0) is 42.3 Å². The SMILES string of the molecule is CCCc1ccc(S(=O)(=O)Nc2cccc(S(C)(=O)=O)c2)cc1. The summed E-state index contributed by atoms with van der Waals surface area (Å²) in [5.41, 5.74) is 1.29. The van der Waals surface area contributed by atoms with E-state index in [4.69, 9.17) is 0 Å². The number of anilines is 1. The molecular formula is C16H19NO4S2. The molecule has 0 amide bonds. The predicted octanol–water partition coefficient (Wildman–Crippen LogP) is 2.84. The minimum atomic E-state index is -3.75. The monoisotopic (exact) mass is 353 g/mol. The third-order valence-corrected chi connectivity index (χ3v) is 5.79. The van der Waals surface area contributed by atoms with Gasteiger partial charge in [-0.15, -0.1) is 0 Å². The van der Waals surface area contributed by atoms with Gasteiger partial charge in [-0.25, -0.2) is 16.8 Å². The van der Waals surface area contributed by atoms with Gasteiger partial charge in [0, 0.05) is 6.26 Å². The summed E-state index contributed by atoms with van der Waals surface area (Å²) in [6.45, 7) is 2.06. The Balaban J connectivity index is 2.28. The first kappa shape index (κ1) is 17.5. The summed E-state index contributed by atoms with van der Waals surface area (Å²) in [5, 5.41) is 0. The molecule has 0 saturated carbocycles. The molecule has 0 spiro atoms. The Hall–Kier alpha value is -1.86. The molecule has 2 aromatic carbocycles. The predicted molar refractivity (Wildman–Crippen MR) is 90.8 cm³/mol. The molecule has 0 radical (unpaired) electrons. The van der Waals surface area contributed by atoms with Crippen LogP contribution in [0.4, 0.5) is 5.69 Å². The van der Waals surface area contributed by atoms with Crippen LogP contribution in [0.2, 0.25) is 0 Å². The van der Waals surface area contributed by atoms with Crippen molar-refractivity contribution in [2.45, 2.75) is 29.6 Å². The zero-order valence-electron chi connectivity index (χ0n) is 13.0. The Morgan fingerprint density at radius 2 is 1.57 bits per heavy atom. The largest absolute Gasteiger partial charge is 0.280 e. The van der Waals surface area contributed by atoms with Crippen molar-refractivity contribution in [3.8, 4) is 0 Å². The molecular weight excluding hydrogens is 334 g/mol. The molecule has 2 rings (SSSR count). The quantitative estimate of drug-likeness (QED) is 0.866. The van der Waals surface area contributed by atoms with Gasteiger partial charge < -0.3 is 0 Å². The van der Waals surface area contributed by atoms with Crippen LogP contribution in [0.15, 0.2) is 58.3 Å². The second-order valence-electron chi connectivity index (χ2n) is 5.30. The highest BCUT2D eigenvalue weighted by Gasteiger charge is 2.15. The van der Waals surface area contributed by atoms with Gasteiger partial charge >= 0.3 is 0 Å². The van der Waals surface area contributed by atoms with Crippen LogP contribution in [0, 0.1) is 0 Å². The van der Waals surface area contributed by atoms with Gasteiger partial charge in [0.15, 0.2) is 9.84 Å². The summed E-state index contributed by atoms with van der Waals surface area (Å²) in [7, 11) is -7.14. The molecule has 0 fully saturated rings. The lowest BCUT2D eigenvalue weighted by atomic mass is 10.1. The normalized spacial score (nSPS) is 12.1. The Morgan fingerprint density at radius 1 is 0.913 bits per heavy atom. The van der Waals surface area contributed by atoms with E-state index in [0.29, 0.717) is 0 Å². The number of rotatable bonds is 6. The minimum absolute atomic E-state index is 0.0657. The lowest BCUT2D eigenvalue weighted by Gasteiger charge is -2.10. The lowest BCUT2D eigenvalue weighted by molar-refractivity contribution is 0.599. The molecule has 0 saturated heterocycles. The van der Waals surface area contributed by atoms with E-state index in [1.807, 2.05) is 0 Å². The van der Waals surface area contributed by atoms with E-state index in [1.54, 1.807) is 24.3 Å². The number of benzene rings is 2. The van der Waals surface area contributed by atoms with Crippen LogP contribution < -0.4 is 4.72 Å². The van der Waals surface area contributed by atoms with E-state index in [-0.39, 0.29) is 15.5 Å². The van der Waals surface area contributed by atoms with Gasteiger partial charge in [-0.3, -0.25) is 4.72 Å². The van der Waals surface area contributed by atoms with E-state index in [2.05, 4.69) is 11.6 Å². The average Bonchev–Trinajstić information content (AvgIpc) is 2.47. The van der Waals surface area contributed by atoms with Crippen LogP contribution in [0.25, 0.3) is 0 Å². The molecule has 7 heteroatoms. The van der Waals surface area contributed by atoms with Crippen LogP contribution in [0.5, 0.6) is 0 Å². The maximum Gasteiger partial charge on any atom is 0.261 e. The number of sulfonamides is 1. The molecule has 0 unspecified atom stereocenters. The average molecular weight is 353 g/mol. The highest BCUT2D eigenvalue weighted by molar-refractivity contribution is 7.92. The van der Waals surface area contributed by atoms with E-state index < -0.39 is 19.9 Å². The molecule has 5 nitrogen and oxygen atoms in total. The summed E-state index contributed by atoms with van der Waals surface area (Å²) in [4.78, 5) is 0.207. The molecule has 0 aliphatic carbocycles. The topological polar surface area (TPSA) is 80.3 Å². The number of nitrogens with one attached hydrogen (secondary N) is 1. The zero-order valence-corrected chi connectivity index (χ0v) is 14.6. The van der Waals surface area contributed by atoms with Gasteiger partial charge in [0.2, 0.25) is 0 Å². The van der Waals surface area contributed by atoms with E-state index >= 15 is 0 Å². The van der Waals surface area contributed by atoms with Gasteiger partial charge in [0.1, 0.15) is 0 Å². The van der Waals surface area contributed by atoms with Crippen molar-refractivity contribution in [2.24, 2.45) is 0 Å². The van der Waals surface area contributed by atoms with E-state index in [9.17, 15) is 16.8 Å². The van der Waals surface area contributed by atoms with Crippen molar-refractivity contribution in [3.63, 3.8) is 0 Å². The van der Waals surface area contributed by atoms with Crippen molar-refractivity contribution >= 4 is 25.5 Å². The second-order valence-corrected chi connectivity index (χ2v) is 9.00. The van der Waals surface area contributed by atoms with Crippen molar-refractivity contribution in [1.29, 1.82) is 0 Å². The Morgan fingerprint density at radius 3 is 2.13 bits per heavy atom. The smallest absolute Gasteiger partial charge is 0.261 e. The van der Waals surface area contributed by atoms with Gasteiger partial charge in [-0.2, -0.15) is 0 Å². The minimum Gasteiger partial charge on any atom is -0.280 e. The highest BCUT2D eigenvalue weighted by atomic mass is 32.2. The van der Waals surface area contributed by atoms with Crippen LogP contribution in [-0.2, 0) is 26.3 Å². The van der Waals surface area contributed by atoms with Crippen molar-refractivity contribution < 1.29 is 16.8 Å². The third-order valence-electron chi connectivity index (χ3n) is 3.29. The molecule has 0 atom stereocenters. The maximum atomic E-state index is 12.4. The van der Waals surface area contributed by atoms with Crippen molar-refractivity contribution in [1.82, 2.24) is 0 Å². The second kappa shape index (κ2) is 6.72. The fourth-order valence-corrected chi connectivity index (χ4v) is 3.84. The fourth-order valence-electron chi connectivity index (χ4n) is 2.13. The highest BCUT2D eigenvalue weighted by Crippen LogP contribution is 2.20. The summed E-state index contributed by atoms with van der Waals surface area (Å²) in [6, 6.07) is 12.4. The molecule has 124 valence electrons. The lowest BCUT2D eigenvalue weighted by Crippen LogP contribution is -2.13. The first-order valence-corrected chi connectivity index (χ1v) is 10.5. The first-order valence-electron chi connectivity index (χ1n) is 7.14. The maximum absolute atomic E-state index is 12.4. The molecule has 0 bridgehead atoms. The molecule has 0 heterocycles. The molecule has 1 N–H and O–H groups in total. The van der Waals surface area contributed by atoms with Gasteiger partial charge in [0.25, 0.3) is 10.0 Å². The molecule has 23 heavy (non-hydrogen) atoms. The molecule has 0 aliphatic heterocycles. The summed E-state index contributed by atoms with van der Waals surface area (Å²) in [5.74, 6) is 0. The summed E-state index contributed by atoms with van der Waals surface area (Å²) in [6.07, 6.45) is 2.96. The van der Waals surface area contributed by atoms with Gasteiger partial charge in [0.05, 0.1) is 15.5 Å². The zero-order chi connectivity index (χ0) is 17.1. The van der Waals surface area contributed by atoms with E-state index in [0.717, 1.165) is 24.7 Å². The van der Waals surface area contributed by atoms with E-state index in [1.165, 1.54) is 24.3 Å². The Bertz CT molecular complexity index is 886. The summed E-state index contributed by atoms with van der Waals surface area (Å²) < 4.78 is 50.2. The molecule has 2 aromatic rings. The molecule has 0 aromatic heterocycles. The molecule has 0 aliphatic rings. The van der Waals surface area contributed by atoms with Crippen LogP contribution in [0.3, 0.4) is 0 Å². The number of hydrogen-bond donors (Lipinski definition) is 1. The first-order chi connectivity index (χ1) is 10.7. The fraction of sp³-hybridized carbons (Fsp3) is 0.250. The Kier molecular flexibility index (Phi) is 5.11. The standard InChI is InChI=1S/C16H19NO4S2/c1-3-5-13-8-10-15(11-9-13)23(20,21)17-14-6-4-7-16(12-14)22(2,18)19/h4,6-12,17H,3,5H2,1-2H3. The van der Waals surface area contributed by atoms with Crippen LogP contribution in [-0.4, -0.2) is 23.1 Å². The number of sulfone groups is 1. The number of aryl methyl sites for hydroxylation is 1. The van der Waals surface area contributed by atoms with Gasteiger partial charge in [-0.1, -0.05) is 31.5 Å². The van der Waals surface area contributed by atoms with Crippen LogP contribution >= 0.6 is 0 Å². The van der Waals surface area contributed by atoms with Crippen molar-refractivity contribution in [3.05, 3.63) is 54.1 Å². The number of hydrogen-bond acceptors (Lipinski definition) is 4. The third kappa shape index (κ3) is 4.56. The Labute approximate surface area is 137 Å².